The Morgan fingerprint density at radius 2 is 1.96 bits per heavy atom. The molecule has 8 nitrogen and oxygen atoms in total. The summed E-state index contributed by atoms with van der Waals surface area (Å²) in [4.78, 5) is 3.84. The van der Waals surface area contributed by atoms with Crippen LogP contribution in [0.3, 0.4) is 0 Å². The predicted octanol–water partition coefficient (Wildman–Crippen LogP) is 2.04. The van der Waals surface area contributed by atoms with Crippen molar-refractivity contribution < 1.29 is 22.3 Å². The highest BCUT2D eigenvalue weighted by molar-refractivity contribution is 7.92. The zero-order valence-corrected chi connectivity index (χ0v) is 15.5. The summed E-state index contributed by atoms with van der Waals surface area (Å²) >= 11 is 0. The van der Waals surface area contributed by atoms with Gasteiger partial charge in [0, 0.05) is 37.6 Å². The fourth-order valence-electron chi connectivity index (χ4n) is 2.35. The van der Waals surface area contributed by atoms with Crippen LogP contribution >= 0.6 is 0 Å². The van der Waals surface area contributed by atoms with Crippen molar-refractivity contribution in [1.82, 2.24) is 14.8 Å². The second-order valence-electron chi connectivity index (χ2n) is 5.96. The van der Waals surface area contributed by atoms with Crippen LogP contribution in [0.1, 0.15) is 11.7 Å². The summed E-state index contributed by atoms with van der Waals surface area (Å²) in [5.41, 5.74) is 0.519. The van der Waals surface area contributed by atoms with Crippen molar-refractivity contribution in [2.24, 2.45) is 7.05 Å². The molecule has 0 aliphatic heterocycles. The van der Waals surface area contributed by atoms with Gasteiger partial charge in [-0.15, -0.1) is 0 Å². The van der Waals surface area contributed by atoms with Crippen molar-refractivity contribution in [1.29, 1.82) is 0 Å². The van der Waals surface area contributed by atoms with E-state index in [2.05, 4.69) is 20.1 Å². The molecule has 148 valence electrons. The van der Waals surface area contributed by atoms with Crippen LogP contribution in [0.4, 0.5) is 20.3 Å². The van der Waals surface area contributed by atoms with Crippen LogP contribution in [0, 0.1) is 11.6 Å². The molecule has 0 amide bonds. The Morgan fingerprint density at radius 3 is 2.57 bits per heavy atom. The zero-order valence-electron chi connectivity index (χ0n) is 14.7. The summed E-state index contributed by atoms with van der Waals surface area (Å²) < 4.78 is 54.5. The molecule has 2 aromatic heterocycles. The predicted molar refractivity (Wildman–Crippen MR) is 98.1 cm³/mol. The molecule has 0 bridgehead atoms. The molecule has 11 heteroatoms. The van der Waals surface area contributed by atoms with Gasteiger partial charge in [-0.05, 0) is 24.3 Å². The first-order valence-corrected chi connectivity index (χ1v) is 9.57. The highest BCUT2D eigenvalue weighted by atomic mass is 32.2. The minimum atomic E-state index is -4.02. The number of rotatable bonds is 7. The maximum Gasteiger partial charge on any atom is 0.263 e. The summed E-state index contributed by atoms with van der Waals surface area (Å²) in [6, 6.07) is 5.41. The summed E-state index contributed by atoms with van der Waals surface area (Å²) in [6.45, 7) is 0.151. The summed E-state index contributed by atoms with van der Waals surface area (Å²) in [6.07, 6.45) is 3.52. The first-order chi connectivity index (χ1) is 13.2. The van der Waals surface area contributed by atoms with Crippen LogP contribution < -0.4 is 10.0 Å². The number of hydrogen-bond acceptors (Lipinski definition) is 6. The number of sulfonamides is 1. The van der Waals surface area contributed by atoms with Gasteiger partial charge in [-0.25, -0.2) is 22.2 Å². The van der Waals surface area contributed by atoms with E-state index >= 15 is 0 Å². The van der Waals surface area contributed by atoms with Gasteiger partial charge < -0.3 is 10.4 Å². The highest BCUT2D eigenvalue weighted by Gasteiger charge is 2.16. The molecule has 0 saturated heterocycles. The standard InChI is InChI=1S/C17H17F2N5O3S/c1-24-10-11(7-22-24)16(25)9-21-17-5-3-13(8-20-17)28(26,27)23-12-2-4-14(18)15(19)6-12/h2-8,10,16,23,25H,9H2,1H3,(H,20,21). The number of pyridine rings is 1. The first-order valence-electron chi connectivity index (χ1n) is 8.09. The fraction of sp³-hybridized carbons (Fsp3) is 0.176. The number of aryl methyl sites for hydroxylation is 1. The van der Waals surface area contributed by atoms with Crippen LogP contribution in [0.25, 0.3) is 0 Å². The average Bonchev–Trinajstić information content (AvgIpc) is 3.09. The van der Waals surface area contributed by atoms with Crippen LogP contribution in [0.15, 0.2) is 53.8 Å². The molecule has 28 heavy (non-hydrogen) atoms. The van der Waals surface area contributed by atoms with E-state index < -0.39 is 27.8 Å². The lowest BCUT2D eigenvalue weighted by Gasteiger charge is -2.12. The normalized spacial score (nSPS) is 12.6. The van der Waals surface area contributed by atoms with E-state index in [1.165, 1.54) is 12.1 Å². The molecule has 1 unspecified atom stereocenters. The molecular weight excluding hydrogens is 392 g/mol. The van der Waals surface area contributed by atoms with Crippen LogP contribution in [-0.4, -0.2) is 34.8 Å². The number of nitrogens with zero attached hydrogens (tertiary/aromatic N) is 3. The summed E-state index contributed by atoms with van der Waals surface area (Å²) in [7, 11) is -2.29. The number of aliphatic hydroxyl groups is 1. The maximum atomic E-state index is 13.2. The van der Waals surface area contributed by atoms with Crippen molar-refractivity contribution in [2.45, 2.75) is 11.0 Å². The number of benzene rings is 1. The number of hydrogen-bond donors (Lipinski definition) is 3. The Hall–Kier alpha value is -3.05. The molecule has 0 spiro atoms. The number of anilines is 2. The van der Waals surface area contributed by atoms with E-state index in [-0.39, 0.29) is 17.1 Å². The third-order valence-corrected chi connectivity index (χ3v) is 5.17. The van der Waals surface area contributed by atoms with Gasteiger partial charge in [0.05, 0.1) is 18.0 Å². The van der Waals surface area contributed by atoms with Gasteiger partial charge in [-0.2, -0.15) is 5.10 Å². The molecular formula is C17H17F2N5O3S. The van der Waals surface area contributed by atoms with Crippen LogP contribution in [0.2, 0.25) is 0 Å². The molecule has 0 aliphatic carbocycles. The molecule has 3 N–H and O–H groups in total. The lowest BCUT2D eigenvalue weighted by molar-refractivity contribution is 0.191. The van der Waals surface area contributed by atoms with E-state index in [0.29, 0.717) is 11.4 Å². The highest BCUT2D eigenvalue weighted by Crippen LogP contribution is 2.19. The molecule has 0 fully saturated rings. The van der Waals surface area contributed by atoms with E-state index in [4.69, 9.17) is 0 Å². The van der Waals surface area contributed by atoms with E-state index in [0.717, 1.165) is 24.4 Å². The van der Waals surface area contributed by atoms with E-state index in [9.17, 15) is 22.3 Å². The topological polar surface area (TPSA) is 109 Å². The van der Waals surface area contributed by atoms with Crippen molar-refractivity contribution in [3.8, 4) is 0 Å². The molecule has 0 saturated carbocycles. The van der Waals surface area contributed by atoms with Crippen LogP contribution in [0.5, 0.6) is 0 Å². The number of halogens is 2. The van der Waals surface area contributed by atoms with Crippen LogP contribution in [-0.2, 0) is 17.1 Å². The Labute approximate surface area is 159 Å². The third-order valence-electron chi connectivity index (χ3n) is 3.80. The number of nitrogens with one attached hydrogen (secondary N) is 2. The van der Waals surface area contributed by atoms with Gasteiger partial charge >= 0.3 is 0 Å². The van der Waals surface area contributed by atoms with Crippen molar-refractivity contribution in [2.75, 3.05) is 16.6 Å². The van der Waals surface area contributed by atoms with E-state index in [1.807, 2.05) is 0 Å². The van der Waals surface area contributed by atoms with E-state index in [1.54, 1.807) is 24.1 Å². The molecule has 0 aliphatic rings. The number of aliphatic hydroxyl groups excluding tert-OH is 1. The molecule has 1 aromatic carbocycles. The Bertz CT molecular complexity index is 1070. The summed E-state index contributed by atoms with van der Waals surface area (Å²) in [5, 5.41) is 16.9. The van der Waals surface area contributed by atoms with Gasteiger partial charge in [-0.1, -0.05) is 0 Å². The third kappa shape index (κ3) is 4.61. The molecule has 2 heterocycles. The Kier molecular flexibility index (Phi) is 5.56. The lowest BCUT2D eigenvalue weighted by atomic mass is 10.2. The lowest BCUT2D eigenvalue weighted by Crippen LogP contribution is -2.15. The van der Waals surface area contributed by atoms with Crippen molar-refractivity contribution in [3.63, 3.8) is 0 Å². The second-order valence-corrected chi connectivity index (χ2v) is 7.64. The number of aromatic nitrogens is 3. The van der Waals surface area contributed by atoms with Gasteiger partial charge in [0.25, 0.3) is 10.0 Å². The largest absolute Gasteiger partial charge is 0.386 e. The van der Waals surface area contributed by atoms with Gasteiger partial charge in [0.1, 0.15) is 10.7 Å². The zero-order chi connectivity index (χ0) is 20.3. The molecule has 3 rings (SSSR count). The van der Waals surface area contributed by atoms with Gasteiger partial charge in [0.2, 0.25) is 0 Å². The Morgan fingerprint density at radius 1 is 1.18 bits per heavy atom. The fourth-order valence-corrected chi connectivity index (χ4v) is 3.34. The monoisotopic (exact) mass is 409 g/mol. The molecule has 1 atom stereocenters. The minimum Gasteiger partial charge on any atom is -0.386 e. The summed E-state index contributed by atoms with van der Waals surface area (Å²) in [5.74, 6) is -1.88. The minimum absolute atomic E-state index is 0.110. The maximum absolute atomic E-state index is 13.2. The smallest absolute Gasteiger partial charge is 0.263 e. The SMILES string of the molecule is Cn1cc(C(O)CNc2ccc(S(=O)(=O)Nc3ccc(F)c(F)c3)cn2)cn1. The van der Waals surface area contributed by atoms with Gasteiger partial charge in [0.15, 0.2) is 11.6 Å². The molecule has 3 aromatic rings. The van der Waals surface area contributed by atoms with Crippen molar-refractivity contribution in [3.05, 3.63) is 66.1 Å². The van der Waals surface area contributed by atoms with Gasteiger partial charge in [-0.3, -0.25) is 9.40 Å². The van der Waals surface area contributed by atoms with Crippen molar-refractivity contribution >= 4 is 21.5 Å². The average molecular weight is 409 g/mol. The first kappa shape index (κ1) is 19.7. The second kappa shape index (κ2) is 7.90. The molecule has 0 radical (unpaired) electrons. The Balaban J connectivity index is 1.64. The quantitative estimate of drug-likeness (QED) is 0.551.